The number of rotatable bonds is 2. The SMILES string of the molecule is Cc1cnc2c(C(C)C)c(C(=O)O)nn2c1. The standard InChI is InChI=1S/C11H13N3O2/c1-6(2)8-9(11(15)16)13-14-5-7(3)4-12-10(8)14/h4-6H,1-3H3,(H,15,16). The van der Waals surface area contributed by atoms with Crippen molar-refractivity contribution in [2.24, 2.45) is 0 Å². The molecule has 2 heterocycles. The second-order valence-corrected chi connectivity index (χ2v) is 4.12. The second-order valence-electron chi connectivity index (χ2n) is 4.12. The molecule has 0 fully saturated rings. The average molecular weight is 219 g/mol. The van der Waals surface area contributed by atoms with Crippen LogP contribution in [-0.2, 0) is 0 Å². The predicted molar refractivity (Wildman–Crippen MR) is 58.8 cm³/mol. The van der Waals surface area contributed by atoms with E-state index in [0.29, 0.717) is 11.2 Å². The van der Waals surface area contributed by atoms with E-state index in [4.69, 9.17) is 5.11 Å². The van der Waals surface area contributed by atoms with Crippen molar-refractivity contribution >= 4 is 11.6 Å². The van der Waals surface area contributed by atoms with Crippen LogP contribution >= 0.6 is 0 Å². The highest BCUT2D eigenvalue weighted by Gasteiger charge is 2.21. The molecule has 0 saturated heterocycles. The lowest BCUT2D eigenvalue weighted by molar-refractivity contribution is 0.0688. The molecule has 0 aliphatic heterocycles. The molecule has 0 aromatic carbocycles. The summed E-state index contributed by atoms with van der Waals surface area (Å²) in [5.74, 6) is -0.925. The lowest BCUT2D eigenvalue weighted by Crippen LogP contribution is -2.02. The fourth-order valence-electron chi connectivity index (χ4n) is 1.74. The zero-order valence-electron chi connectivity index (χ0n) is 9.43. The van der Waals surface area contributed by atoms with E-state index in [-0.39, 0.29) is 11.6 Å². The van der Waals surface area contributed by atoms with E-state index in [1.54, 1.807) is 12.4 Å². The Bertz CT molecular complexity index is 558. The van der Waals surface area contributed by atoms with Gasteiger partial charge in [0.2, 0.25) is 0 Å². The number of aromatic nitrogens is 3. The molecule has 5 nitrogen and oxygen atoms in total. The van der Waals surface area contributed by atoms with Gasteiger partial charge in [-0.3, -0.25) is 0 Å². The van der Waals surface area contributed by atoms with Crippen LogP contribution in [0.2, 0.25) is 0 Å². The van der Waals surface area contributed by atoms with Gasteiger partial charge in [0.25, 0.3) is 0 Å². The lowest BCUT2D eigenvalue weighted by Gasteiger charge is -2.02. The van der Waals surface area contributed by atoms with Crippen molar-refractivity contribution in [2.45, 2.75) is 26.7 Å². The minimum absolute atomic E-state index is 0.0822. The molecule has 0 spiro atoms. The predicted octanol–water partition coefficient (Wildman–Crippen LogP) is 1.86. The van der Waals surface area contributed by atoms with Gasteiger partial charge in [-0.25, -0.2) is 14.3 Å². The summed E-state index contributed by atoms with van der Waals surface area (Å²) in [4.78, 5) is 15.3. The van der Waals surface area contributed by atoms with Gasteiger partial charge in [0.05, 0.1) is 0 Å². The van der Waals surface area contributed by atoms with Crippen LogP contribution in [0.3, 0.4) is 0 Å². The molecule has 2 rings (SSSR count). The summed E-state index contributed by atoms with van der Waals surface area (Å²) in [5, 5.41) is 13.1. The Kier molecular flexibility index (Phi) is 2.38. The van der Waals surface area contributed by atoms with E-state index in [9.17, 15) is 4.79 Å². The fraction of sp³-hybridized carbons (Fsp3) is 0.364. The van der Waals surface area contributed by atoms with Crippen LogP contribution in [0.1, 0.15) is 41.4 Å². The third kappa shape index (κ3) is 1.54. The van der Waals surface area contributed by atoms with E-state index < -0.39 is 5.97 Å². The monoisotopic (exact) mass is 219 g/mol. The van der Waals surface area contributed by atoms with Gasteiger partial charge in [0, 0.05) is 18.0 Å². The molecule has 0 amide bonds. The van der Waals surface area contributed by atoms with Crippen LogP contribution in [0.4, 0.5) is 0 Å². The van der Waals surface area contributed by atoms with Gasteiger partial charge >= 0.3 is 5.97 Å². The number of aryl methyl sites for hydroxylation is 1. The zero-order valence-corrected chi connectivity index (χ0v) is 9.43. The van der Waals surface area contributed by atoms with E-state index in [2.05, 4.69) is 10.1 Å². The first-order chi connectivity index (χ1) is 7.50. The Hall–Kier alpha value is -1.91. The minimum Gasteiger partial charge on any atom is -0.476 e. The molecule has 0 saturated carbocycles. The van der Waals surface area contributed by atoms with Gasteiger partial charge in [0.1, 0.15) is 0 Å². The third-order valence-corrected chi connectivity index (χ3v) is 2.42. The molecule has 0 atom stereocenters. The van der Waals surface area contributed by atoms with E-state index in [1.165, 1.54) is 4.52 Å². The molecule has 0 aliphatic rings. The number of aromatic carboxylic acids is 1. The summed E-state index contributed by atoms with van der Waals surface area (Å²) in [6.45, 7) is 5.76. The summed E-state index contributed by atoms with van der Waals surface area (Å²) >= 11 is 0. The summed E-state index contributed by atoms with van der Waals surface area (Å²) in [7, 11) is 0. The first-order valence-electron chi connectivity index (χ1n) is 5.09. The number of nitrogens with zero attached hydrogens (tertiary/aromatic N) is 3. The van der Waals surface area contributed by atoms with Crippen LogP contribution in [0.15, 0.2) is 12.4 Å². The molecular formula is C11H13N3O2. The number of fused-ring (bicyclic) bond motifs is 1. The molecule has 16 heavy (non-hydrogen) atoms. The maximum Gasteiger partial charge on any atom is 0.356 e. The van der Waals surface area contributed by atoms with Gasteiger partial charge in [0.15, 0.2) is 11.3 Å². The van der Waals surface area contributed by atoms with Crippen LogP contribution in [-0.4, -0.2) is 25.7 Å². The lowest BCUT2D eigenvalue weighted by atomic mass is 10.0. The Morgan fingerprint density at radius 3 is 2.75 bits per heavy atom. The van der Waals surface area contributed by atoms with E-state index in [0.717, 1.165) is 5.56 Å². The van der Waals surface area contributed by atoms with Crippen molar-refractivity contribution < 1.29 is 9.90 Å². The average Bonchev–Trinajstić information content (AvgIpc) is 2.55. The second kappa shape index (κ2) is 3.59. The van der Waals surface area contributed by atoms with Crippen molar-refractivity contribution in [3.05, 3.63) is 29.2 Å². The van der Waals surface area contributed by atoms with E-state index in [1.807, 2.05) is 20.8 Å². The summed E-state index contributed by atoms with van der Waals surface area (Å²) in [6, 6.07) is 0. The van der Waals surface area contributed by atoms with Gasteiger partial charge in [-0.2, -0.15) is 5.10 Å². The fourth-order valence-corrected chi connectivity index (χ4v) is 1.74. The van der Waals surface area contributed by atoms with Gasteiger partial charge in [-0.1, -0.05) is 13.8 Å². The van der Waals surface area contributed by atoms with Crippen LogP contribution < -0.4 is 0 Å². The first kappa shape index (κ1) is 10.6. The molecule has 84 valence electrons. The number of hydrogen-bond acceptors (Lipinski definition) is 3. The highest BCUT2D eigenvalue weighted by Crippen LogP contribution is 2.23. The van der Waals surface area contributed by atoms with Crippen molar-refractivity contribution in [2.75, 3.05) is 0 Å². The molecule has 2 aromatic rings. The number of carbonyl (C=O) groups is 1. The highest BCUT2D eigenvalue weighted by molar-refractivity contribution is 5.89. The maximum absolute atomic E-state index is 11.1. The Morgan fingerprint density at radius 1 is 1.50 bits per heavy atom. The maximum atomic E-state index is 11.1. The van der Waals surface area contributed by atoms with Gasteiger partial charge in [-0.15, -0.1) is 0 Å². The van der Waals surface area contributed by atoms with Crippen molar-refractivity contribution in [1.29, 1.82) is 0 Å². The molecule has 0 bridgehead atoms. The quantitative estimate of drug-likeness (QED) is 0.837. The van der Waals surface area contributed by atoms with Gasteiger partial charge < -0.3 is 5.11 Å². The Balaban J connectivity index is 2.81. The normalized spacial score (nSPS) is 11.2. The molecule has 0 aliphatic carbocycles. The Morgan fingerprint density at radius 2 is 2.19 bits per heavy atom. The van der Waals surface area contributed by atoms with Crippen LogP contribution in [0, 0.1) is 6.92 Å². The zero-order chi connectivity index (χ0) is 11.9. The number of hydrogen-bond donors (Lipinski definition) is 1. The molecule has 5 heteroatoms. The largest absolute Gasteiger partial charge is 0.476 e. The molecular weight excluding hydrogens is 206 g/mol. The Labute approximate surface area is 92.7 Å². The van der Waals surface area contributed by atoms with Gasteiger partial charge in [-0.05, 0) is 18.4 Å². The third-order valence-electron chi connectivity index (χ3n) is 2.42. The van der Waals surface area contributed by atoms with Crippen molar-refractivity contribution in [3.8, 4) is 0 Å². The molecule has 0 unspecified atom stereocenters. The molecule has 1 N–H and O–H groups in total. The van der Waals surface area contributed by atoms with E-state index >= 15 is 0 Å². The molecule has 0 radical (unpaired) electrons. The highest BCUT2D eigenvalue weighted by atomic mass is 16.4. The van der Waals surface area contributed by atoms with Crippen molar-refractivity contribution in [3.63, 3.8) is 0 Å². The summed E-state index contributed by atoms with van der Waals surface area (Å²) in [5.41, 5.74) is 2.35. The summed E-state index contributed by atoms with van der Waals surface area (Å²) < 4.78 is 1.54. The van der Waals surface area contributed by atoms with Crippen molar-refractivity contribution in [1.82, 2.24) is 14.6 Å². The smallest absolute Gasteiger partial charge is 0.356 e. The first-order valence-corrected chi connectivity index (χ1v) is 5.09. The van der Waals surface area contributed by atoms with Crippen LogP contribution in [0.25, 0.3) is 5.65 Å². The van der Waals surface area contributed by atoms with Crippen LogP contribution in [0.5, 0.6) is 0 Å². The molecule has 2 aromatic heterocycles. The number of carboxylic acid groups (broad SMARTS) is 1. The number of carboxylic acids is 1. The summed E-state index contributed by atoms with van der Waals surface area (Å²) in [6.07, 6.45) is 3.50. The minimum atomic E-state index is -1.01. The topological polar surface area (TPSA) is 67.5 Å².